The van der Waals surface area contributed by atoms with E-state index >= 15 is 0 Å². The molecule has 2 aromatic carbocycles. The molecule has 2 atom stereocenters. The summed E-state index contributed by atoms with van der Waals surface area (Å²) in [5.74, 6) is -1.43. The number of aryl methyl sites for hydroxylation is 2. The van der Waals surface area contributed by atoms with E-state index in [9.17, 15) is 14.4 Å². The molecule has 1 amide bonds. The number of hydrogen-bond donors (Lipinski definition) is 1. The van der Waals surface area contributed by atoms with E-state index in [0.29, 0.717) is 11.1 Å². The van der Waals surface area contributed by atoms with Gasteiger partial charge in [-0.05, 0) is 43.9 Å². The van der Waals surface area contributed by atoms with Gasteiger partial charge in [-0.25, -0.2) is 4.79 Å². The summed E-state index contributed by atoms with van der Waals surface area (Å²) in [6, 6.07) is 13.5. The van der Waals surface area contributed by atoms with Crippen LogP contribution in [0, 0.1) is 12.8 Å². The normalized spacial score (nSPS) is 12.9. The fourth-order valence-corrected chi connectivity index (χ4v) is 2.95. The third-order valence-corrected chi connectivity index (χ3v) is 4.80. The number of Topliss-reactive ketones (excluding diaryl/α,β-unsaturated/α-hetero) is 1. The van der Waals surface area contributed by atoms with Crippen LogP contribution in [-0.2, 0) is 16.0 Å². The van der Waals surface area contributed by atoms with Gasteiger partial charge in [0.2, 0.25) is 5.78 Å². The van der Waals surface area contributed by atoms with Crippen LogP contribution in [0.5, 0.6) is 0 Å². The van der Waals surface area contributed by atoms with E-state index in [-0.39, 0.29) is 17.6 Å². The average Bonchev–Trinajstić information content (AvgIpc) is 2.70. The second-order valence-corrected chi connectivity index (χ2v) is 7.56. The monoisotopic (exact) mass is 395 g/mol. The molecule has 2 rings (SSSR count). The quantitative estimate of drug-likeness (QED) is 0.539. The van der Waals surface area contributed by atoms with E-state index < -0.39 is 18.1 Å². The molecule has 2 aromatic rings. The summed E-state index contributed by atoms with van der Waals surface area (Å²) in [6.07, 6.45) is -0.0532. The summed E-state index contributed by atoms with van der Waals surface area (Å²) in [6.45, 7) is 9.12. The number of carbonyl (C=O) groups excluding carboxylic acids is 3. The Bertz CT molecular complexity index is 871. The van der Waals surface area contributed by atoms with E-state index in [1.165, 1.54) is 0 Å². The molecule has 0 saturated heterocycles. The van der Waals surface area contributed by atoms with Crippen LogP contribution in [0.4, 0.5) is 0 Å². The van der Waals surface area contributed by atoms with Crippen molar-refractivity contribution in [2.24, 2.45) is 5.92 Å². The maximum absolute atomic E-state index is 12.7. The van der Waals surface area contributed by atoms with Gasteiger partial charge in [0.05, 0.1) is 0 Å². The second-order valence-electron chi connectivity index (χ2n) is 7.56. The Morgan fingerprint density at radius 3 is 2.17 bits per heavy atom. The topological polar surface area (TPSA) is 72.5 Å². The highest BCUT2D eigenvalue weighted by molar-refractivity contribution is 6.01. The van der Waals surface area contributed by atoms with Crippen molar-refractivity contribution >= 4 is 17.7 Å². The number of benzene rings is 2. The first-order valence-corrected chi connectivity index (χ1v) is 9.94. The average molecular weight is 395 g/mol. The Hall–Kier alpha value is -2.95. The Morgan fingerprint density at radius 1 is 0.966 bits per heavy atom. The zero-order valence-electron chi connectivity index (χ0n) is 17.7. The number of amides is 1. The van der Waals surface area contributed by atoms with Crippen LogP contribution in [0.1, 0.15) is 59.5 Å². The largest absolute Gasteiger partial charge is 0.453 e. The number of hydrogen-bond acceptors (Lipinski definition) is 4. The maximum Gasteiger partial charge on any atom is 0.329 e. The van der Waals surface area contributed by atoms with Crippen molar-refractivity contribution in [3.05, 3.63) is 70.8 Å². The Balaban J connectivity index is 2.05. The van der Waals surface area contributed by atoms with Crippen LogP contribution in [0.25, 0.3) is 0 Å². The molecular formula is C24H29NO4. The molecule has 0 saturated carbocycles. The summed E-state index contributed by atoms with van der Waals surface area (Å²) >= 11 is 0. The second kappa shape index (κ2) is 10.0. The Morgan fingerprint density at radius 2 is 1.62 bits per heavy atom. The van der Waals surface area contributed by atoms with Crippen molar-refractivity contribution in [1.29, 1.82) is 0 Å². The molecule has 0 aliphatic heterocycles. The lowest BCUT2D eigenvalue weighted by Gasteiger charge is -2.23. The van der Waals surface area contributed by atoms with E-state index in [4.69, 9.17) is 4.74 Å². The lowest BCUT2D eigenvalue weighted by Crippen LogP contribution is -2.46. The van der Waals surface area contributed by atoms with Crippen molar-refractivity contribution in [3.63, 3.8) is 0 Å². The number of ether oxygens (including phenoxy) is 1. The molecule has 5 nitrogen and oxygen atoms in total. The number of ketones is 1. The van der Waals surface area contributed by atoms with Gasteiger partial charge in [0.25, 0.3) is 5.91 Å². The lowest BCUT2D eigenvalue weighted by atomic mass is 10.0. The van der Waals surface area contributed by atoms with Crippen LogP contribution in [-0.4, -0.2) is 29.8 Å². The highest BCUT2D eigenvalue weighted by Crippen LogP contribution is 2.13. The smallest absolute Gasteiger partial charge is 0.329 e. The highest BCUT2D eigenvalue weighted by atomic mass is 16.5. The van der Waals surface area contributed by atoms with Gasteiger partial charge in [-0.1, -0.05) is 62.7 Å². The first kappa shape index (κ1) is 22.3. The number of esters is 1. The molecule has 0 heterocycles. The predicted molar refractivity (Wildman–Crippen MR) is 113 cm³/mol. The van der Waals surface area contributed by atoms with Crippen molar-refractivity contribution in [2.75, 3.05) is 0 Å². The molecule has 0 radical (unpaired) electrons. The van der Waals surface area contributed by atoms with Crippen LogP contribution in [0.15, 0.2) is 48.5 Å². The molecule has 29 heavy (non-hydrogen) atoms. The minimum atomic E-state index is -0.938. The molecule has 0 aliphatic carbocycles. The van der Waals surface area contributed by atoms with E-state index in [2.05, 4.69) is 5.32 Å². The lowest BCUT2D eigenvalue weighted by molar-refractivity contribution is -0.149. The molecule has 0 aromatic heterocycles. The zero-order chi connectivity index (χ0) is 21.6. The van der Waals surface area contributed by atoms with Gasteiger partial charge in [0, 0.05) is 11.1 Å². The number of rotatable bonds is 8. The SMILES string of the molecule is CCc1ccc(C(=O)C(C)OC(=O)[C@@H](NC(=O)c2cccc(C)c2)C(C)C)cc1. The Kier molecular flexibility index (Phi) is 7.71. The third kappa shape index (κ3) is 6.01. The fourth-order valence-electron chi connectivity index (χ4n) is 2.95. The van der Waals surface area contributed by atoms with Gasteiger partial charge in [0.1, 0.15) is 6.04 Å². The summed E-state index contributed by atoms with van der Waals surface area (Å²) in [5.41, 5.74) is 3.05. The highest BCUT2D eigenvalue weighted by Gasteiger charge is 2.29. The van der Waals surface area contributed by atoms with Crippen LogP contribution in [0.2, 0.25) is 0 Å². The predicted octanol–water partition coefficient (Wildman–Crippen LogP) is 4.13. The van der Waals surface area contributed by atoms with Crippen LogP contribution < -0.4 is 5.32 Å². The maximum atomic E-state index is 12.7. The molecule has 0 bridgehead atoms. The molecule has 0 aliphatic rings. The van der Waals surface area contributed by atoms with Crippen molar-refractivity contribution in [3.8, 4) is 0 Å². The summed E-state index contributed by atoms with van der Waals surface area (Å²) in [7, 11) is 0. The van der Waals surface area contributed by atoms with Gasteiger partial charge in [-0.2, -0.15) is 0 Å². The minimum Gasteiger partial charge on any atom is -0.453 e. The van der Waals surface area contributed by atoms with E-state index in [0.717, 1.165) is 17.5 Å². The molecule has 5 heteroatoms. The molecule has 1 N–H and O–H groups in total. The first-order valence-electron chi connectivity index (χ1n) is 9.94. The van der Waals surface area contributed by atoms with E-state index in [1.54, 1.807) is 37.3 Å². The van der Waals surface area contributed by atoms with E-state index in [1.807, 2.05) is 45.9 Å². The summed E-state index contributed by atoms with van der Waals surface area (Å²) in [4.78, 5) is 37.8. The van der Waals surface area contributed by atoms with Crippen LogP contribution in [0.3, 0.4) is 0 Å². The van der Waals surface area contributed by atoms with Gasteiger partial charge >= 0.3 is 5.97 Å². The minimum absolute atomic E-state index is 0.192. The van der Waals surface area contributed by atoms with Gasteiger partial charge in [-0.15, -0.1) is 0 Å². The fraction of sp³-hybridized carbons (Fsp3) is 0.375. The molecule has 154 valence electrons. The zero-order valence-corrected chi connectivity index (χ0v) is 17.7. The van der Waals surface area contributed by atoms with Crippen LogP contribution >= 0.6 is 0 Å². The van der Waals surface area contributed by atoms with Gasteiger partial charge < -0.3 is 10.1 Å². The van der Waals surface area contributed by atoms with Crippen molar-refractivity contribution in [1.82, 2.24) is 5.32 Å². The first-order chi connectivity index (χ1) is 13.7. The summed E-state index contributed by atoms with van der Waals surface area (Å²) in [5, 5.41) is 2.73. The standard InChI is InChI=1S/C24H29NO4/c1-6-18-10-12-19(13-11-18)22(26)17(5)29-24(28)21(15(2)3)25-23(27)20-9-7-8-16(4)14-20/h7-15,17,21H,6H2,1-5H3,(H,25,27)/t17?,21-/m0/s1. The molecule has 0 fully saturated rings. The number of carbonyl (C=O) groups is 3. The van der Waals surface area contributed by atoms with Gasteiger partial charge in [-0.3, -0.25) is 9.59 Å². The Labute approximate surface area is 172 Å². The van der Waals surface area contributed by atoms with Gasteiger partial charge in [0.15, 0.2) is 6.10 Å². The van der Waals surface area contributed by atoms with Crippen molar-refractivity contribution in [2.45, 2.75) is 53.2 Å². The summed E-state index contributed by atoms with van der Waals surface area (Å²) < 4.78 is 5.40. The number of nitrogens with one attached hydrogen (secondary N) is 1. The molecular weight excluding hydrogens is 366 g/mol. The third-order valence-electron chi connectivity index (χ3n) is 4.80. The van der Waals surface area contributed by atoms with Crippen molar-refractivity contribution < 1.29 is 19.1 Å². The molecule has 0 spiro atoms. The molecule has 1 unspecified atom stereocenters.